The van der Waals surface area contributed by atoms with E-state index < -0.39 is 5.91 Å². The van der Waals surface area contributed by atoms with Crippen LogP contribution in [0.25, 0.3) is 11.0 Å². The number of carbonyl (C=O) groups excluding carboxylic acids is 1. The predicted molar refractivity (Wildman–Crippen MR) is 56.3 cm³/mol. The van der Waals surface area contributed by atoms with Crippen LogP contribution in [0.3, 0.4) is 0 Å². The van der Waals surface area contributed by atoms with E-state index in [-0.39, 0.29) is 6.54 Å². The molecule has 0 saturated heterocycles. The highest BCUT2D eigenvalue weighted by atomic mass is 32.1. The van der Waals surface area contributed by atoms with E-state index in [1.165, 1.54) is 0 Å². The van der Waals surface area contributed by atoms with Crippen LogP contribution in [0.2, 0.25) is 0 Å². The number of benzene rings is 1. The third kappa shape index (κ3) is 1.42. The van der Waals surface area contributed by atoms with Gasteiger partial charge in [0.2, 0.25) is 5.91 Å². The highest BCUT2D eigenvalue weighted by Crippen LogP contribution is 2.12. The van der Waals surface area contributed by atoms with Gasteiger partial charge < -0.3 is 15.3 Å². The fourth-order valence-electron chi connectivity index (χ4n) is 1.42. The Bertz CT molecular complexity index is 540. The van der Waals surface area contributed by atoms with Crippen LogP contribution in [-0.4, -0.2) is 15.5 Å². The fourth-order valence-corrected chi connectivity index (χ4v) is 1.69. The number of hydrogen-bond donors (Lipinski definition) is 2. The third-order valence-corrected chi connectivity index (χ3v) is 2.32. The zero-order valence-corrected chi connectivity index (χ0v) is 8.17. The molecule has 0 saturated carbocycles. The number of rotatable bonds is 2. The number of hydrogen-bond acceptors (Lipinski definition) is 2. The molecule has 0 bridgehead atoms. The third-order valence-electron chi connectivity index (χ3n) is 2.00. The largest absolute Gasteiger partial charge is 0.368 e. The average Bonchev–Trinajstić information content (AvgIpc) is 2.43. The lowest BCUT2D eigenvalue weighted by molar-refractivity contribution is -0.118. The van der Waals surface area contributed by atoms with Crippen molar-refractivity contribution in [2.75, 3.05) is 0 Å². The average molecular weight is 207 g/mol. The minimum atomic E-state index is -0.397. The first-order valence-electron chi connectivity index (χ1n) is 4.14. The Kier molecular flexibility index (Phi) is 2.09. The van der Waals surface area contributed by atoms with Gasteiger partial charge in [0.05, 0.1) is 11.0 Å². The molecule has 0 aliphatic rings. The van der Waals surface area contributed by atoms with Crippen molar-refractivity contribution in [3.63, 3.8) is 0 Å². The fraction of sp³-hybridized carbons (Fsp3) is 0.111. The van der Waals surface area contributed by atoms with Crippen molar-refractivity contribution in [3.8, 4) is 0 Å². The van der Waals surface area contributed by atoms with Crippen LogP contribution in [0.1, 0.15) is 0 Å². The number of nitrogens with zero attached hydrogens (tertiary/aromatic N) is 1. The molecule has 0 atom stereocenters. The summed E-state index contributed by atoms with van der Waals surface area (Å²) in [7, 11) is 0. The van der Waals surface area contributed by atoms with Gasteiger partial charge in [0.1, 0.15) is 6.54 Å². The zero-order valence-electron chi connectivity index (χ0n) is 7.36. The Balaban J connectivity index is 2.68. The van der Waals surface area contributed by atoms with Crippen molar-refractivity contribution >= 4 is 29.2 Å². The Morgan fingerprint density at radius 1 is 1.50 bits per heavy atom. The Morgan fingerprint density at radius 2 is 2.21 bits per heavy atom. The summed E-state index contributed by atoms with van der Waals surface area (Å²) >= 11 is 5.07. The molecule has 3 N–H and O–H groups in total. The van der Waals surface area contributed by atoms with Gasteiger partial charge in [0, 0.05) is 0 Å². The molecule has 0 aliphatic heterocycles. The molecule has 1 aromatic carbocycles. The van der Waals surface area contributed by atoms with Crippen molar-refractivity contribution in [1.29, 1.82) is 0 Å². The number of aromatic nitrogens is 2. The second kappa shape index (κ2) is 3.26. The molecule has 0 radical (unpaired) electrons. The van der Waals surface area contributed by atoms with Gasteiger partial charge in [-0.3, -0.25) is 4.79 Å². The minimum absolute atomic E-state index is 0.114. The number of fused-ring (bicyclic) bond motifs is 1. The number of nitrogens with two attached hydrogens (primary N) is 1. The normalized spacial score (nSPS) is 10.6. The van der Waals surface area contributed by atoms with Gasteiger partial charge in [-0.1, -0.05) is 12.1 Å². The molecule has 1 aromatic heterocycles. The lowest BCUT2D eigenvalue weighted by atomic mass is 10.3. The first-order valence-corrected chi connectivity index (χ1v) is 4.55. The number of imidazole rings is 1. The van der Waals surface area contributed by atoms with E-state index in [9.17, 15) is 4.79 Å². The summed E-state index contributed by atoms with van der Waals surface area (Å²) in [5.74, 6) is -0.397. The topological polar surface area (TPSA) is 63.8 Å². The SMILES string of the molecule is NC(=O)Cn1c(=S)[nH]c2ccccc21. The Hall–Kier alpha value is -1.62. The lowest BCUT2D eigenvalue weighted by Crippen LogP contribution is -2.18. The van der Waals surface area contributed by atoms with E-state index in [1.807, 2.05) is 24.3 Å². The van der Waals surface area contributed by atoms with Crippen molar-refractivity contribution in [2.24, 2.45) is 5.73 Å². The van der Waals surface area contributed by atoms with Crippen LogP contribution in [-0.2, 0) is 11.3 Å². The van der Waals surface area contributed by atoms with Crippen molar-refractivity contribution in [1.82, 2.24) is 9.55 Å². The van der Waals surface area contributed by atoms with Crippen LogP contribution in [0.4, 0.5) is 0 Å². The van der Waals surface area contributed by atoms with Crippen LogP contribution in [0, 0.1) is 4.77 Å². The zero-order chi connectivity index (χ0) is 10.1. The molecule has 0 fully saturated rings. The van der Waals surface area contributed by atoms with Gasteiger partial charge in [-0.05, 0) is 24.4 Å². The molecule has 0 aliphatic carbocycles. The van der Waals surface area contributed by atoms with Crippen molar-refractivity contribution in [2.45, 2.75) is 6.54 Å². The molecule has 0 spiro atoms. The van der Waals surface area contributed by atoms with Crippen molar-refractivity contribution < 1.29 is 4.79 Å². The number of amides is 1. The maximum Gasteiger partial charge on any atom is 0.237 e. The van der Waals surface area contributed by atoms with E-state index >= 15 is 0 Å². The summed E-state index contributed by atoms with van der Waals surface area (Å²) in [5, 5.41) is 0. The van der Waals surface area contributed by atoms with Gasteiger partial charge in [0.15, 0.2) is 4.77 Å². The molecule has 5 heteroatoms. The summed E-state index contributed by atoms with van der Waals surface area (Å²) in [6, 6.07) is 7.60. The molecule has 0 unspecified atom stereocenters. The number of primary amides is 1. The van der Waals surface area contributed by atoms with E-state index in [4.69, 9.17) is 18.0 Å². The van der Waals surface area contributed by atoms with Crippen molar-refractivity contribution in [3.05, 3.63) is 29.0 Å². The van der Waals surface area contributed by atoms with Gasteiger partial charge in [-0.25, -0.2) is 0 Å². The summed E-state index contributed by atoms with van der Waals surface area (Å²) < 4.78 is 2.21. The molecule has 72 valence electrons. The van der Waals surface area contributed by atoms with E-state index in [0.717, 1.165) is 11.0 Å². The van der Waals surface area contributed by atoms with Gasteiger partial charge >= 0.3 is 0 Å². The first kappa shape index (κ1) is 8.96. The number of nitrogens with one attached hydrogen (secondary N) is 1. The molecule has 1 heterocycles. The lowest BCUT2D eigenvalue weighted by Gasteiger charge is -1.99. The van der Waals surface area contributed by atoms with E-state index in [1.54, 1.807) is 4.57 Å². The summed E-state index contributed by atoms with van der Waals surface area (Å²) in [6.45, 7) is 0.114. The molecule has 4 nitrogen and oxygen atoms in total. The second-order valence-corrected chi connectivity index (χ2v) is 3.39. The molecule has 14 heavy (non-hydrogen) atoms. The Morgan fingerprint density at radius 3 is 2.93 bits per heavy atom. The van der Waals surface area contributed by atoms with Gasteiger partial charge in [-0.15, -0.1) is 0 Å². The molecular weight excluding hydrogens is 198 g/mol. The first-order chi connectivity index (χ1) is 6.68. The molecule has 1 amide bonds. The van der Waals surface area contributed by atoms with Gasteiger partial charge in [0.25, 0.3) is 0 Å². The summed E-state index contributed by atoms with van der Waals surface area (Å²) in [5.41, 5.74) is 6.94. The maximum absolute atomic E-state index is 10.8. The summed E-state index contributed by atoms with van der Waals surface area (Å²) in [4.78, 5) is 13.8. The van der Waals surface area contributed by atoms with E-state index in [2.05, 4.69) is 4.98 Å². The Labute approximate surface area is 85.3 Å². The van der Waals surface area contributed by atoms with E-state index in [0.29, 0.717) is 4.77 Å². The highest BCUT2D eigenvalue weighted by molar-refractivity contribution is 7.71. The standard InChI is InChI=1S/C9H9N3OS/c10-8(13)5-12-7-4-2-1-3-6(7)11-9(12)14/h1-4H,5H2,(H2,10,13)(H,11,14). The molecule has 2 rings (SSSR count). The quantitative estimate of drug-likeness (QED) is 0.726. The number of para-hydroxylation sites is 2. The highest BCUT2D eigenvalue weighted by Gasteiger charge is 2.04. The second-order valence-electron chi connectivity index (χ2n) is 3.00. The number of aromatic amines is 1. The summed E-state index contributed by atoms with van der Waals surface area (Å²) in [6.07, 6.45) is 0. The van der Waals surface area contributed by atoms with Gasteiger partial charge in [-0.2, -0.15) is 0 Å². The minimum Gasteiger partial charge on any atom is -0.368 e. The van der Waals surface area contributed by atoms with Crippen LogP contribution < -0.4 is 5.73 Å². The predicted octanol–water partition coefficient (Wildman–Crippen LogP) is 1.18. The van der Waals surface area contributed by atoms with Crippen LogP contribution in [0.5, 0.6) is 0 Å². The van der Waals surface area contributed by atoms with Crippen LogP contribution >= 0.6 is 12.2 Å². The van der Waals surface area contributed by atoms with Crippen LogP contribution in [0.15, 0.2) is 24.3 Å². The number of carbonyl (C=O) groups is 1. The number of H-pyrrole nitrogens is 1. The molecular formula is C9H9N3OS. The smallest absolute Gasteiger partial charge is 0.237 e. The maximum atomic E-state index is 10.8. The monoisotopic (exact) mass is 207 g/mol. The molecule has 2 aromatic rings.